The molecule has 0 radical (unpaired) electrons. The van der Waals surface area contributed by atoms with Gasteiger partial charge in [-0.2, -0.15) is 0 Å². The maximum Gasteiger partial charge on any atom is 0.379 e. The van der Waals surface area contributed by atoms with E-state index in [1.807, 2.05) is 24.3 Å². The van der Waals surface area contributed by atoms with Crippen LogP contribution in [-0.2, 0) is 0 Å². The number of esters is 1. The van der Waals surface area contributed by atoms with Crippen LogP contribution >= 0.6 is 0 Å². The number of hydrogen-bond donors (Lipinski definition) is 0. The first kappa shape index (κ1) is 20.4. The minimum atomic E-state index is -0.678. The number of furan rings is 1. The van der Waals surface area contributed by atoms with Crippen LogP contribution < -0.4 is 18.9 Å². The molecule has 5 rings (SSSR count). The highest BCUT2D eigenvalue weighted by Gasteiger charge is 2.28. The molecule has 0 N–H and O–H groups in total. The van der Waals surface area contributed by atoms with Gasteiger partial charge in [-0.05, 0) is 36.4 Å². The SMILES string of the molecule is COc1ccccc1/C=C1\Oc2cc(OC(=O)c3cc4cccc(OC)c4o3)ccc2C1=O. The lowest BCUT2D eigenvalue weighted by molar-refractivity contribution is 0.0703. The largest absolute Gasteiger partial charge is 0.496 e. The van der Waals surface area contributed by atoms with Crippen molar-refractivity contribution in [2.75, 3.05) is 14.2 Å². The van der Waals surface area contributed by atoms with Crippen molar-refractivity contribution < 1.29 is 33.0 Å². The normalized spacial score (nSPS) is 13.6. The van der Waals surface area contributed by atoms with E-state index in [4.69, 9.17) is 23.4 Å². The Kier molecular flexibility index (Phi) is 5.06. The number of rotatable bonds is 5. The number of fused-ring (bicyclic) bond motifs is 2. The fourth-order valence-corrected chi connectivity index (χ4v) is 3.61. The summed E-state index contributed by atoms with van der Waals surface area (Å²) in [7, 11) is 3.08. The van der Waals surface area contributed by atoms with Crippen molar-refractivity contribution in [1.82, 2.24) is 0 Å². The third-order valence-electron chi connectivity index (χ3n) is 5.21. The molecular formula is C26H18O7. The second kappa shape index (κ2) is 8.20. The number of Topliss-reactive ketones (excluding diaryl/α,β-unsaturated/α-hetero) is 1. The minimum absolute atomic E-state index is 0.0313. The molecule has 0 amide bonds. The molecule has 0 saturated heterocycles. The van der Waals surface area contributed by atoms with Crippen LogP contribution in [0.5, 0.6) is 23.0 Å². The highest BCUT2D eigenvalue weighted by Crippen LogP contribution is 2.36. The molecule has 0 spiro atoms. The maximum atomic E-state index is 12.7. The quantitative estimate of drug-likeness (QED) is 0.236. The van der Waals surface area contributed by atoms with Crippen LogP contribution in [0.2, 0.25) is 0 Å². The van der Waals surface area contributed by atoms with Gasteiger partial charge >= 0.3 is 5.97 Å². The molecule has 7 nitrogen and oxygen atoms in total. The van der Waals surface area contributed by atoms with Crippen LogP contribution in [0.3, 0.4) is 0 Å². The summed E-state index contributed by atoms with van der Waals surface area (Å²) in [5.41, 5.74) is 1.55. The van der Waals surface area contributed by atoms with Crippen LogP contribution in [0.25, 0.3) is 17.0 Å². The first-order valence-electron chi connectivity index (χ1n) is 10.1. The Morgan fingerprint density at radius 2 is 1.70 bits per heavy atom. The van der Waals surface area contributed by atoms with Gasteiger partial charge in [0.05, 0.1) is 19.8 Å². The topological polar surface area (TPSA) is 84.2 Å². The van der Waals surface area contributed by atoms with Gasteiger partial charge < -0.3 is 23.4 Å². The molecule has 4 aromatic rings. The molecule has 0 aliphatic carbocycles. The molecule has 1 aliphatic heterocycles. The molecule has 3 aromatic carbocycles. The van der Waals surface area contributed by atoms with Crippen LogP contribution in [0.1, 0.15) is 26.5 Å². The van der Waals surface area contributed by atoms with Crippen molar-refractivity contribution in [1.29, 1.82) is 0 Å². The van der Waals surface area contributed by atoms with Crippen molar-refractivity contribution in [3.05, 3.63) is 89.4 Å². The zero-order valence-electron chi connectivity index (χ0n) is 17.8. The summed E-state index contributed by atoms with van der Waals surface area (Å²) < 4.78 is 27.4. The van der Waals surface area contributed by atoms with Crippen LogP contribution in [-0.4, -0.2) is 26.0 Å². The number of ether oxygens (including phenoxy) is 4. The number of carbonyl (C=O) groups excluding carboxylic acids is 2. The first-order chi connectivity index (χ1) is 16.1. The Labute approximate surface area is 188 Å². The van der Waals surface area contributed by atoms with Gasteiger partial charge in [-0.1, -0.05) is 30.3 Å². The van der Waals surface area contributed by atoms with Gasteiger partial charge in [0.25, 0.3) is 0 Å². The summed E-state index contributed by atoms with van der Waals surface area (Å²) in [6.07, 6.45) is 1.62. The molecule has 0 fully saturated rings. The number of carbonyl (C=O) groups is 2. The van der Waals surface area contributed by atoms with Gasteiger partial charge in [0, 0.05) is 17.0 Å². The number of methoxy groups -OCH3 is 2. The summed E-state index contributed by atoms with van der Waals surface area (Å²) in [6, 6.07) is 18.8. The summed E-state index contributed by atoms with van der Waals surface area (Å²) >= 11 is 0. The second-order valence-electron chi connectivity index (χ2n) is 7.22. The number of ketones is 1. The van der Waals surface area contributed by atoms with E-state index < -0.39 is 5.97 Å². The van der Waals surface area contributed by atoms with E-state index in [-0.39, 0.29) is 23.1 Å². The van der Waals surface area contributed by atoms with Gasteiger partial charge in [0.15, 0.2) is 17.1 Å². The molecule has 0 bridgehead atoms. The predicted molar refractivity (Wildman–Crippen MR) is 120 cm³/mol. The van der Waals surface area contributed by atoms with E-state index in [2.05, 4.69) is 0 Å². The summed E-state index contributed by atoms with van der Waals surface area (Å²) in [5, 5.41) is 0.718. The lowest BCUT2D eigenvalue weighted by Gasteiger charge is -2.05. The standard InChI is InChI=1S/C26H18O7/c1-29-19-8-4-3-6-15(19)12-22-24(27)18-11-10-17(14-21(18)32-22)31-26(28)23-13-16-7-5-9-20(30-2)25(16)33-23/h3-14H,1-2H3/b22-12-. The van der Waals surface area contributed by atoms with Gasteiger partial charge in [0.1, 0.15) is 17.2 Å². The molecule has 1 aromatic heterocycles. The van der Waals surface area contributed by atoms with E-state index in [9.17, 15) is 9.59 Å². The number of allylic oxidation sites excluding steroid dienone is 1. The highest BCUT2D eigenvalue weighted by atomic mass is 16.6. The Morgan fingerprint density at radius 3 is 2.52 bits per heavy atom. The molecule has 33 heavy (non-hydrogen) atoms. The first-order valence-corrected chi connectivity index (χ1v) is 10.1. The van der Waals surface area contributed by atoms with E-state index in [1.54, 1.807) is 43.5 Å². The zero-order chi connectivity index (χ0) is 22.9. The highest BCUT2D eigenvalue weighted by molar-refractivity contribution is 6.14. The minimum Gasteiger partial charge on any atom is -0.496 e. The van der Waals surface area contributed by atoms with E-state index in [0.29, 0.717) is 34.0 Å². The van der Waals surface area contributed by atoms with Crippen LogP contribution in [0, 0.1) is 0 Å². The number of benzene rings is 3. The monoisotopic (exact) mass is 442 g/mol. The third kappa shape index (κ3) is 3.70. The molecule has 0 atom stereocenters. The zero-order valence-corrected chi connectivity index (χ0v) is 17.8. The second-order valence-corrected chi connectivity index (χ2v) is 7.22. The lowest BCUT2D eigenvalue weighted by Crippen LogP contribution is -2.07. The number of hydrogen-bond acceptors (Lipinski definition) is 7. The average Bonchev–Trinajstić information content (AvgIpc) is 3.40. The fourth-order valence-electron chi connectivity index (χ4n) is 3.61. The Hall–Kier alpha value is -4.52. The van der Waals surface area contributed by atoms with Gasteiger partial charge in [-0.25, -0.2) is 4.79 Å². The average molecular weight is 442 g/mol. The molecule has 164 valence electrons. The third-order valence-corrected chi connectivity index (χ3v) is 5.21. The maximum absolute atomic E-state index is 12.7. The molecule has 2 heterocycles. The summed E-state index contributed by atoms with van der Waals surface area (Å²) in [5.74, 6) is 0.904. The number of para-hydroxylation sites is 2. The van der Waals surface area contributed by atoms with E-state index >= 15 is 0 Å². The summed E-state index contributed by atoms with van der Waals surface area (Å²) in [4.78, 5) is 25.4. The van der Waals surface area contributed by atoms with Crippen molar-refractivity contribution in [2.24, 2.45) is 0 Å². The lowest BCUT2D eigenvalue weighted by atomic mass is 10.1. The molecule has 7 heteroatoms. The predicted octanol–water partition coefficient (Wildman–Crippen LogP) is 5.29. The van der Waals surface area contributed by atoms with E-state index in [1.165, 1.54) is 19.2 Å². The molecular weight excluding hydrogens is 424 g/mol. The molecule has 1 aliphatic rings. The van der Waals surface area contributed by atoms with Crippen LogP contribution in [0.4, 0.5) is 0 Å². The molecule has 0 unspecified atom stereocenters. The fraction of sp³-hybridized carbons (Fsp3) is 0.0769. The van der Waals surface area contributed by atoms with Crippen molar-refractivity contribution in [3.63, 3.8) is 0 Å². The van der Waals surface area contributed by atoms with Crippen LogP contribution in [0.15, 0.2) is 76.9 Å². The van der Waals surface area contributed by atoms with Gasteiger partial charge in [-0.3, -0.25) is 4.79 Å². The van der Waals surface area contributed by atoms with Crippen molar-refractivity contribution in [2.45, 2.75) is 0 Å². The van der Waals surface area contributed by atoms with Gasteiger partial charge in [-0.15, -0.1) is 0 Å². The Balaban J connectivity index is 1.38. The van der Waals surface area contributed by atoms with E-state index in [0.717, 1.165) is 5.39 Å². The smallest absolute Gasteiger partial charge is 0.379 e. The Morgan fingerprint density at radius 1 is 0.909 bits per heavy atom. The van der Waals surface area contributed by atoms with Gasteiger partial charge in [0.2, 0.25) is 11.5 Å². The molecule has 0 saturated carbocycles. The summed E-state index contributed by atoms with van der Waals surface area (Å²) in [6.45, 7) is 0. The Bertz CT molecular complexity index is 1430. The van der Waals surface area contributed by atoms with Crippen molar-refractivity contribution >= 4 is 28.8 Å². The van der Waals surface area contributed by atoms with Crippen molar-refractivity contribution in [3.8, 4) is 23.0 Å².